The van der Waals surface area contributed by atoms with Crippen molar-refractivity contribution in [3.05, 3.63) is 392 Å². The molecule has 0 N–H and O–H groups in total. The van der Waals surface area contributed by atoms with E-state index in [2.05, 4.69) is 358 Å². The summed E-state index contributed by atoms with van der Waals surface area (Å²) in [5.74, 6) is 0. The van der Waals surface area contributed by atoms with Crippen molar-refractivity contribution in [1.82, 2.24) is 0 Å². The first-order valence-corrected chi connectivity index (χ1v) is 33.9. The molecule has 3 aliphatic rings. The normalized spacial score (nSPS) is 13.8. The minimum Gasteiger partial charge on any atom is -0.310 e. The van der Waals surface area contributed by atoms with Crippen LogP contribution in [0.5, 0.6) is 0 Å². The zero-order valence-corrected chi connectivity index (χ0v) is 54.7. The van der Waals surface area contributed by atoms with Crippen LogP contribution in [0.3, 0.4) is 0 Å². The number of rotatable bonds is 11. The third-order valence-corrected chi connectivity index (χ3v) is 20.5. The molecule has 15 aromatic rings. The number of anilines is 6. The molecule has 0 aromatic heterocycles. The average Bonchev–Trinajstić information content (AvgIpc) is 1.57. The largest absolute Gasteiger partial charge is 0.310 e. The molecule has 0 unspecified atom stereocenters. The topological polar surface area (TPSA) is 6.48 Å². The summed E-state index contributed by atoms with van der Waals surface area (Å²) in [6.07, 6.45) is 0. The van der Waals surface area contributed by atoms with Gasteiger partial charge in [0.25, 0.3) is 6.71 Å². The van der Waals surface area contributed by atoms with Gasteiger partial charge in [-0.05, 0) is 153 Å². The highest BCUT2D eigenvalue weighted by Crippen LogP contribution is 2.61. The van der Waals surface area contributed by atoms with Gasteiger partial charge >= 0.3 is 0 Å². The maximum Gasteiger partial charge on any atom is 0.252 e. The molecule has 1 aliphatic carbocycles. The summed E-state index contributed by atoms with van der Waals surface area (Å²) in [5, 5.41) is 0. The number of fused-ring (bicyclic) bond motifs is 7. The Morgan fingerprint density at radius 1 is 0.296 bits per heavy atom. The molecule has 0 fully saturated rings. The molecule has 2 aliphatic heterocycles. The molecule has 15 aromatic carbocycles. The molecule has 0 saturated heterocycles. The maximum absolute atomic E-state index is 9.61. The van der Waals surface area contributed by atoms with Crippen molar-refractivity contribution in [3.8, 4) is 89.0 Å². The number of hydrogen-bond donors (Lipinski definition) is 0. The highest BCUT2D eigenvalue weighted by molar-refractivity contribution is 7.00. The van der Waals surface area contributed by atoms with E-state index in [9.17, 15) is 2.74 Å². The fourth-order valence-electron chi connectivity index (χ4n) is 16.2. The average molecular weight is 1250 g/mol. The monoisotopic (exact) mass is 1250 g/mol. The Morgan fingerprint density at radius 3 is 1.29 bits per heavy atom. The summed E-state index contributed by atoms with van der Waals surface area (Å²) in [4.78, 5) is 5.14. The zero-order chi connectivity index (χ0) is 69.8. The van der Waals surface area contributed by atoms with Gasteiger partial charge in [0.05, 0.1) is 23.6 Å². The van der Waals surface area contributed by atoms with E-state index in [0.717, 1.165) is 134 Å². The van der Waals surface area contributed by atoms with Crippen molar-refractivity contribution < 1.29 is 6.85 Å². The summed E-state index contributed by atoms with van der Waals surface area (Å²) in [5.41, 5.74) is 29.3. The SMILES string of the molecule is [2H]c1c([2H])c([2H])c(-c2ccc3c(c2)B2c4ccc(C(C)(C)C)cc4N(c4c(-c5ccccc5)cc(-c5ccccc5)cc4-c4ccccc4)c4cc(-c5cccc6c5C(c5ccccc5)(c5ccccc5)c5ccccc5-6)cc(c42)N3c2c(-c3ccccc3)cccc2-c2ccccc2)c([2H])c1[2H]. The Bertz CT molecular complexity index is 5660. The van der Waals surface area contributed by atoms with Gasteiger partial charge in [-0.1, -0.05) is 348 Å². The summed E-state index contributed by atoms with van der Waals surface area (Å²) in [6.45, 7) is 6.38. The zero-order valence-electron chi connectivity index (χ0n) is 59.7. The standard InChI is InChI=1S/C95H69BN2/c1-94(2,3)75-55-56-84-87(63-75)98(93-81(68-40-20-8-21-41-68)58-71(65-34-14-5-15-35-65)59-82(93)69-42-22-9-23-43-69)89-62-72(76-49-30-52-80-79-48-28-29-53-83(79)95(90(76)80,73-44-24-10-25-45-73)74-46-26-11-27-47-74)61-88-91(89)96(84)85-60-70(64-32-12-4-13-33-64)54-57-86(85)97(88)92-77(66-36-16-6-17-37-66)50-31-51-78(92)67-38-18-7-19-39-67/h4-63H,1-3H3/i4D,12D,13D,32D,33D. The van der Waals surface area contributed by atoms with Crippen LogP contribution in [0, 0.1) is 0 Å². The van der Waals surface area contributed by atoms with Gasteiger partial charge < -0.3 is 9.80 Å². The molecule has 2 nitrogen and oxygen atoms in total. The molecule has 3 heteroatoms. The van der Waals surface area contributed by atoms with Crippen molar-refractivity contribution in [2.75, 3.05) is 9.80 Å². The van der Waals surface area contributed by atoms with Gasteiger partial charge in [0.15, 0.2) is 0 Å². The highest BCUT2D eigenvalue weighted by atomic mass is 15.2. The lowest BCUT2D eigenvalue weighted by Gasteiger charge is -2.46. The van der Waals surface area contributed by atoms with Crippen molar-refractivity contribution in [1.29, 1.82) is 0 Å². The minimum absolute atomic E-state index is 0.148. The predicted octanol–water partition coefficient (Wildman–Crippen LogP) is 23.1. The van der Waals surface area contributed by atoms with Gasteiger partial charge in [0, 0.05) is 45.0 Å². The molecule has 18 rings (SSSR count). The van der Waals surface area contributed by atoms with E-state index in [0.29, 0.717) is 5.56 Å². The molecule has 0 atom stereocenters. The van der Waals surface area contributed by atoms with Crippen LogP contribution >= 0.6 is 0 Å². The van der Waals surface area contributed by atoms with Crippen molar-refractivity contribution in [2.24, 2.45) is 0 Å². The quantitative estimate of drug-likeness (QED) is 0.119. The summed E-state index contributed by atoms with van der Waals surface area (Å²) < 4.78 is 46.2. The van der Waals surface area contributed by atoms with Crippen LogP contribution in [-0.4, -0.2) is 6.71 Å². The van der Waals surface area contributed by atoms with Crippen LogP contribution in [-0.2, 0) is 10.8 Å². The Labute approximate surface area is 582 Å². The summed E-state index contributed by atoms with van der Waals surface area (Å²) in [7, 11) is 0. The molecule has 0 bridgehead atoms. The molecule has 98 heavy (non-hydrogen) atoms. The van der Waals surface area contributed by atoms with Crippen molar-refractivity contribution in [3.63, 3.8) is 0 Å². The summed E-state index contributed by atoms with van der Waals surface area (Å²) >= 11 is 0. The lowest BCUT2D eigenvalue weighted by Crippen LogP contribution is -2.61. The van der Waals surface area contributed by atoms with E-state index in [1.54, 1.807) is 0 Å². The lowest BCUT2D eigenvalue weighted by atomic mass is 9.33. The van der Waals surface area contributed by atoms with Crippen LogP contribution < -0.4 is 26.2 Å². The number of hydrogen-bond acceptors (Lipinski definition) is 2. The molecule has 0 amide bonds. The number of nitrogens with zero attached hydrogens (tertiary/aromatic N) is 2. The van der Waals surface area contributed by atoms with E-state index in [-0.39, 0.29) is 35.1 Å². The van der Waals surface area contributed by atoms with Crippen LogP contribution in [0.25, 0.3) is 89.0 Å². The van der Waals surface area contributed by atoms with Gasteiger partial charge in [-0.15, -0.1) is 0 Å². The van der Waals surface area contributed by atoms with Gasteiger partial charge in [0.2, 0.25) is 0 Å². The second-order valence-electron chi connectivity index (χ2n) is 27.0. The smallest absolute Gasteiger partial charge is 0.252 e. The molecule has 0 radical (unpaired) electrons. The Morgan fingerprint density at radius 2 is 0.745 bits per heavy atom. The van der Waals surface area contributed by atoms with E-state index in [1.807, 2.05) is 6.07 Å². The first kappa shape index (κ1) is 53.2. The molecular weight excluding hydrogens is 1180 g/mol. The molecule has 0 saturated carbocycles. The van der Waals surface area contributed by atoms with Crippen molar-refractivity contribution >= 4 is 57.2 Å². The highest BCUT2D eigenvalue weighted by Gasteiger charge is 2.50. The Hall–Kier alpha value is -12.0. The Balaban J connectivity index is 1.06. The number of para-hydroxylation sites is 1. The fourth-order valence-corrected chi connectivity index (χ4v) is 16.2. The van der Waals surface area contributed by atoms with Crippen LogP contribution in [0.4, 0.5) is 34.1 Å². The maximum atomic E-state index is 9.61. The van der Waals surface area contributed by atoms with E-state index in [1.165, 1.54) is 22.3 Å². The number of benzene rings is 15. The van der Waals surface area contributed by atoms with Gasteiger partial charge in [-0.3, -0.25) is 0 Å². The second kappa shape index (κ2) is 23.7. The van der Waals surface area contributed by atoms with E-state index < -0.39 is 18.2 Å². The summed E-state index contributed by atoms with van der Waals surface area (Å²) in [6, 6.07) is 120. The molecule has 462 valence electrons. The van der Waals surface area contributed by atoms with E-state index >= 15 is 0 Å². The minimum atomic E-state index is -0.782. The van der Waals surface area contributed by atoms with Crippen molar-refractivity contribution in [2.45, 2.75) is 31.6 Å². The van der Waals surface area contributed by atoms with Gasteiger partial charge in [-0.2, -0.15) is 0 Å². The van der Waals surface area contributed by atoms with Crippen LogP contribution in [0.1, 0.15) is 55.4 Å². The lowest BCUT2D eigenvalue weighted by molar-refractivity contribution is 0.590. The Kier molecular flexibility index (Phi) is 12.9. The molecule has 2 heterocycles. The predicted molar refractivity (Wildman–Crippen MR) is 415 cm³/mol. The van der Waals surface area contributed by atoms with Gasteiger partial charge in [0.1, 0.15) is 0 Å². The van der Waals surface area contributed by atoms with E-state index in [4.69, 9.17) is 4.11 Å². The van der Waals surface area contributed by atoms with Crippen LogP contribution in [0.2, 0.25) is 0 Å². The first-order chi connectivity index (χ1) is 50.4. The second-order valence-corrected chi connectivity index (χ2v) is 27.0. The third kappa shape index (κ3) is 9.48. The van der Waals surface area contributed by atoms with Gasteiger partial charge in [-0.25, -0.2) is 0 Å². The third-order valence-electron chi connectivity index (χ3n) is 20.5. The molecule has 0 spiro atoms. The van der Waals surface area contributed by atoms with Crippen LogP contribution in [0.15, 0.2) is 364 Å². The fraction of sp³-hybridized carbons (Fsp3) is 0.0526. The molecular formula is C95H69BN2. The first-order valence-electron chi connectivity index (χ1n) is 36.4.